The minimum absolute atomic E-state index is 0.0318. The fourth-order valence-electron chi connectivity index (χ4n) is 2.85. The van der Waals surface area contributed by atoms with Crippen LogP contribution >= 0.6 is 0 Å². The van der Waals surface area contributed by atoms with Gasteiger partial charge in [-0.25, -0.2) is 4.98 Å². The molecule has 1 amide bonds. The molecule has 3 aromatic rings. The van der Waals surface area contributed by atoms with Crippen LogP contribution in [0.5, 0.6) is 5.75 Å². The van der Waals surface area contributed by atoms with Crippen LogP contribution in [0.15, 0.2) is 47.5 Å². The summed E-state index contributed by atoms with van der Waals surface area (Å²) < 4.78 is 6.74. The minimum atomic E-state index is -0.426. The molecule has 3 rings (SSSR count). The summed E-state index contributed by atoms with van der Waals surface area (Å²) >= 11 is 0. The van der Waals surface area contributed by atoms with Crippen molar-refractivity contribution in [2.45, 2.75) is 20.3 Å². The predicted octanol–water partition coefficient (Wildman–Crippen LogP) is 2.29. The summed E-state index contributed by atoms with van der Waals surface area (Å²) in [6.45, 7) is 4.29. The molecule has 6 heteroatoms. The minimum Gasteiger partial charge on any atom is -0.496 e. The van der Waals surface area contributed by atoms with Crippen molar-refractivity contribution in [3.63, 3.8) is 0 Å². The molecule has 0 aliphatic carbocycles. The normalized spacial score (nSPS) is 10.7. The van der Waals surface area contributed by atoms with Crippen molar-refractivity contribution in [1.82, 2.24) is 14.7 Å². The lowest BCUT2D eigenvalue weighted by molar-refractivity contribution is 0.0952. The van der Waals surface area contributed by atoms with Gasteiger partial charge in [-0.05, 0) is 43.5 Å². The van der Waals surface area contributed by atoms with E-state index in [1.165, 1.54) is 10.6 Å². The Morgan fingerprint density at radius 2 is 1.96 bits per heavy atom. The van der Waals surface area contributed by atoms with E-state index in [1.807, 2.05) is 38.1 Å². The lowest BCUT2D eigenvalue weighted by Gasteiger charge is -2.10. The molecule has 2 aromatic heterocycles. The van der Waals surface area contributed by atoms with Gasteiger partial charge < -0.3 is 10.1 Å². The molecule has 1 aromatic carbocycles. The van der Waals surface area contributed by atoms with Crippen LogP contribution < -0.4 is 15.6 Å². The second kappa shape index (κ2) is 7.39. The zero-order valence-corrected chi connectivity index (χ0v) is 15.1. The third-order valence-electron chi connectivity index (χ3n) is 4.21. The molecular formula is C20H21N3O3. The number of aromatic nitrogens is 2. The maximum atomic E-state index is 12.5. The highest BCUT2D eigenvalue weighted by molar-refractivity contribution is 5.93. The highest BCUT2D eigenvalue weighted by Gasteiger charge is 2.13. The number of fused-ring (bicyclic) bond motifs is 1. The number of ether oxygens (including phenoxy) is 1. The monoisotopic (exact) mass is 351 g/mol. The van der Waals surface area contributed by atoms with Gasteiger partial charge in [0.05, 0.1) is 7.11 Å². The van der Waals surface area contributed by atoms with Gasteiger partial charge in [-0.1, -0.05) is 23.8 Å². The summed E-state index contributed by atoms with van der Waals surface area (Å²) in [5, 5.41) is 2.79. The molecular weight excluding hydrogens is 330 g/mol. The lowest BCUT2D eigenvalue weighted by atomic mass is 10.1. The molecule has 2 heterocycles. The number of methoxy groups -OCH3 is 1. The van der Waals surface area contributed by atoms with Gasteiger partial charge in [0.1, 0.15) is 17.0 Å². The standard InChI is InChI=1S/C20H21N3O3/c1-13-4-6-17(26-3)15(10-13)8-9-21-19(24)16-11-22-18-7-5-14(2)12-23(18)20(16)25/h4-7,10-12H,8-9H2,1-3H3,(H,21,24). The first kappa shape index (κ1) is 17.7. The zero-order chi connectivity index (χ0) is 18.7. The van der Waals surface area contributed by atoms with Crippen molar-refractivity contribution in [2.75, 3.05) is 13.7 Å². The summed E-state index contributed by atoms with van der Waals surface area (Å²) in [4.78, 5) is 29.1. The largest absolute Gasteiger partial charge is 0.496 e. The van der Waals surface area contributed by atoms with E-state index in [9.17, 15) is 9.59 Å². The number of benzene rings is 1. The Morgan fingerprint density at radius 3 is 2.73 bits per heavy atom. The first-order valence-electron chi connectivity index (χ1n) is 8.39. The van der Waals surface area contributed by atoms with Gasteiger partial charge in [-0.2, -0.15) is 0 Å². The number of hydrogen-bond acceptors (Lipinski definition) is 4. The van der Waals surface area contributed by atoms with Crippen molar-refractivity contribution < 1.29 is 9.53 Å². The molecule has 0 radical (unpaired) electrons. The Hall–Kier alpha value is -3.15. The second-order valence-electron chi connectivity index (χ2n) is 6.23. The van der Waals surface area contributed by atoms with Gasteiger partial charge in [0.15, 0.2) is 0 Å². The van der Waals surface area contributed by atoms with Crippen LogP contribution in [-0.2, 0) is 6.42 Å². The number of rotatable bonds is 5. The van der Waals surface area contributed by atoms with Gasteiger partial charge in [-0.15, -0.1) is 0 Å². The summed E-state index contributed by atoms with van der Waals surface area (Å²) in [6, 6.07) is 9.54. The maximum absolute atomic E-state index is 12.5. The molecule has 26 heavy (non-hydrogen) atoms. The van der Waals surface area contributed by atoms with Crippen LogP contribution in [0.2, 0.25) is 0 Å². The van der Waals surface area contributed by atoms with Gasteiger partial charge in [0.2, 0.25) is 0 Å². The third kappa shape index (κ3) is 3.59. The van der Waals surface area contributed by atoms with Crippen LogP contribution in [0.1, 0.15) is 27.0 Å². The van der Waals surface area contributed by atoms with E-state index < -0.39 is 5.91 Å². The van der Waals surface area contributed by atoms with Gasteiger partial charge in [0, 0.05) is 18.9 Å². The Kier molecular flexibility index (Phi) is 5.02. The summed E-state index contributed by atoms with van der Waals surface area (Å²) in [5.74, 6) is 0.359. The van der Waals surface area contributed by atoms with Crippen molar-refractivity contribution in [2.24, 2.45) is 0 Å². The first-order chi connectivity index (χ1) is 12.5. The predicted molar refractivity (Wildman–Crippen MR) is 100.0 cm³/mol. The average molecular weight is 351 g/mol. The molecule has 6 nitrogen and oxygen atoms in total. The summed E-state index contributed by atoms with van der Waals surface area (Å²) in [5.41, 5.74) is 3.23. The fraction of sp³-hybridized carbons (Fsp3) is 0.250. The Labute approximate surface area is 151 Å². The smallest absolute Gasteiger partial charge is 0.270 e. The van der Waals surface area contributed by atoms with E-state index in [-0.39, 0.29) is 11.1 Å². The Morgan fingerprint density at radius 1 is 1.19 bits per heavy atom. The molecule has 0 fully saturated rings. The van der Waals surface area contributed by atoms with Crippen LogP contribution in [0.25, 0.3) is 5.65 Å². The molecule has 0 aliphatic rings. The number of pyridine rings is 1. The Bertz CT molecular complexity index is 1020. The maximum Gasteiger partial charge on any atom is 0.270 e. The van der Waals surface area contributed by atoms with E-state index in [1.54, 1.807) is 19.4 Å². The average Bonchev–Trinajstić information content (AvgIpc) is 2.62. The molecule has 0 saturated heterocycles. The molecule has 0 saturated carbocycles. The fourth-order valence-corrected chi connectivity index (χ4v) is 2.85. The van der Waals surface area contributed by atoms with Gasteiger partial charge >= 0.3 is 0 Å². The number of carbonyl (C=O) groups excluding carboxylic acids is 1. The molecule has 0 spiro atoms. The SMILES string of the molecule is COc1ccc(C)cc1CCNC(=O)c1cnc2ccc(C)cn2c1=O. The molecule has 134 valence electrons. The number of nitrogens with zero attached hydrogens (tertiary/aromatic N) is 2. The third-order valence-corrected chi connectivity index (χ3v) is 4.21. The van der Waals surface area contributed by atoms with Crippen LogP contribution in [0.4, 0.5) is 0 Å². The number of amides is 1. The van der Waals surface area contributed by atoms with E-state index in [2.05, 4.69) is 10.3 Å². The van der Waals surface area contributed by atoms with Crippen molar-refractivity contribution >= 4 is 11.6 Å². The highest BCUT2D eigenvalue weighted by Crippen LogP contribution is 2.19. The first-order valence-corrected chi connectivity index (χ1v) is 8.39. The lowest BCUT2D eigenvalue weighted by Crippen LogP contribution is -2.32. The van der Waals surface area contributed by atoms with E-state index >= 15 is 0 Å². The summed E-state index contributed by atoms with van der Waals surface area (Å²) in [6.07, 6.45) is 3.62. The zero-order valence-electron chi connectivity index (χ0n) is 15.1. The molecule has 0 atom stereocenters. The number of hydrogen-bond donors (Lipinski definition) is 1. The van der Waals surface area contributed by atoms with E-state index in [0.717, 1.165) is 22.4 Å². The van der Waals surface area contributed by atoms with Crippen LogP contribution in [-0.4, -0.2) is 28.9 Å². The van der Waals surface area contributed by atoms with Crippen molar-refractivity contribution in [3.05, 3.63) is 75.3 Å². The van der Waals surface area contributed by atoms with Crippen LogP contribution in [0.3, 0.4) is 0 Å². The summed E-state index contributed by atoms with van der Waals surface area (Å²) in [7, 11) is 1.62. The van der Waals surface area contributed by atoms with E-state index in [0.29, 0.717) is 18.6 Å². The molecule has 0 unspecified atom stereocenters. The topological polar surface area (TPSA) is 72.7 Å². The number of aryl methyl sites for hydroxylation is 2. The molecule has 0 aliphatic heterocycles. The number of nitrogens with one attached hydrogen (secondary N) is 1. The Balaban J connectivity index is 1.75. The van der Waals surface area contributed by atoms with Crippen molar-refractivity contribution in [3.8, 4) is 5.75 Å². The molecule has 0 bridgehead atoms. The molecule has 1 N–H and O–H groups in total. The quantitative estimate of drug-likeness (QED) is 0.765. The van der Waals surface area contributed by atoms with E-state index in [4.69, 9.17) is 4.74 Å². The highest BCUT2D eigenvalue weighted by atomic mass is 16.5. The van der Waals surface area contributed by atoms with Crippen LogP contribution in [0, 0.1) is 13.8 Å². The van der Waals surface area contributed by atoms with Gasteiger partial charge in [0.25, 0.3) is 11.5 Å². The number of carbonyl (C=O) groups is 1. The van der Waals surface area contributed by atoms with Crippen molar-refractivity contribution in [1.29, 1.82) is 0 Å². The van der Waals surface area contributed by atoms with Gasteiger partial charge in [-0.3, -0.25) is 14.0 Å². The second-order valence-corrected chi connectivity index (χ2v) is 6.23.